The predicted molar refractivity (Wildman–Crippen MR) is 165 cm³/mol. The molecule has 10 heteroatoms. The predicted octanol–water partition coefficient (Wildman–Crippen LogP) is 3.30. The zero-order chi connectivity index (χ0) is 30.1. The van der Waals surface area contributed by atoms with E-state index in [-0.39, 0.29) is 38.4 Å². The molecule has 0 saturated carbocycles. The van der Waals surface area contributed by atoms with Crippen LogP contribution in [0.1, 0.15) is 27.9 Å². The number of carbonyl (C=O) groups is 3. The minimum absolute atomic E-state index is 0.0501. The van der Waals surface area contributed by atoms with Gasteiger partial charge in [-0.25, -0.2) is 0 Å². The van der Waals surface area contributed by atoms with Gasteiger partial charge in [0.05, 0.1) is 29.7 Å². The molecular weight excluding hydrogens is 651 g/mol. The highest BCUT2D eigenvalue weighted by Gasteiger charge is 2.41. The van der Waals surface area contributed by atoms with Crippen LogP contribution >= 0.6 is 22.6 Å². The van der Waals surface area contributed by atoms with E-state index in [1.807, 2.05) is 83.3 Å². The Morgan fingerprint density at radius 1 is 1.07 bits per heavy atom. The summed E-state index contributed by atoms with van der Waals surface area (Å²) < 4.78 is 12.3. The zero-order valence-electron chi connectivity index (χ0n) is 23.1. The van der Waals surface area contributed by atoms with Crippen LogP contribution in [0.15, 0.2) is 84.4 Å². The first kappa shape index (κ1) is 31.2. The van der Waals surface area contributed by atoms with Gasteiger partial charge in [-0.2, -0.15) is 0 Å². The van der Waals surface area contributed by atoms with Gasteiger partial charge in [0.15, 0.2) is 11.5 Å². The van der Waals surface area contributed by atoms with Crippen LogP contribution < -0.4 is 14.8 Å². The number of carbonyl (C=O) groups excluding carboxylic acids is 3. The van der Waals surface area contributed by atoms with E-state index >= 15 is 0 Å². The molecule has 0 fully saturated rings. The second kappa shape index (κ2) is 14.9. The first-order valence-electron chi connectivity index (χ1n) is 13.5. The van der Waals surface area contributed by atoms with Crippen molar-refractivity contribution in [1.82, 2.24) is 10.2 Å². The van der Waals surface area contributed by atoms with Crippen molar-refractivity contribution in [3.8, 4) is 11.5 Å². The number of rotatable bonds is 12. The monoisotopic (exact) mass is 684 g/mol. The molecule has 0 heterocycles. The molecule has 0 spiro atoms. The van der Waals surface area contributed by atoms with E-state index in [2.05, 4.69) is 5.32 Å². The van der Waals surface area contributed by atoms with Crippen molar-refractivity contribution >= 4 is 40.7 Å². The second-order valence-electron chi connectivity index (χ2n) is 9.84. The third-order valence-electron chi connectivity index (χ3n) is 6.97. The maximum Gasteiger partial charge on any atom is 0.247 e. The van der Waals surface area contributed by atoms with Gasteiger partial charge in [-0.05, 0) is 51.9 Å². The third kappa shape index (κ3) is 7.75. The Morgan fingerprint density at radius 3 is 2.36 bits per heavy atom. The Balaban J connectivity index is 1.73. The van der Waals surface area contributed by atoms with Gasteiger partial charge in [0.1, 0.15) is 18.5 Å². The van der Waals surface area contributed by atoms with E-state index in [4.69, 9.17) is 9.47 Å². The molecule has 4 rings (SSSR count). The number of nitrogens with zero attached hydrogens (tertiary/aromatic N) is 1. The molecule has 3 aromatic rings. The maximum atomic E-state index is 13.9. The number of aliphatic hydroxyl groups excluding tert-OH is 2. The highest BCUT2D eigenvalue weighted by molar-refractivity contribution is 14.1. The summed E-state index contributed by atoms with van der Waals surface area (Å²) in [5.41, 5.74) is 2.40. The molecule has 0 aromatic heterocycles. The third-order valence-corrected chi connectivity index (χ3v) is 7.77. The number of ether oxygens (including phenoxy) is 2. The van der Waals surface area contributed by atoms with Crippen LogP contribution in [0.2, 0.25) is 0 Å². The van der Waals surface area contributed by atoms with Crippen molar-refractivity contribution in [1.29, 1.82) is 0 Å². The minimum atomic E-state index is -1.21. The minimum Gasteiger partial charge on any atom is -0.493 e. The van der Waals surface area contributed by atoms with Gasteiger partial charge < -0.3 is 29.9 Å². The lowest BCUT2D eigenvalue weighted by Crippen LogP contribution is -2.55. The number of aliphatic hydroxyl groups is 2. The molecule has 42 heavy (non-hydrogen) atoms. The van der Waals surface area contributed by atoms with Crippen LogP contribution in [-0.4, -0.2) is 71.7 Å². The van der Waals surface area contributed by atoms with Crippen LogP contribution in [0.3, 0.4) is 0 Å². The number of methoxy groups -OCH3 is 1. The first-order chi connectivity index (χ1) is 20.3. The standard InChI is InChI=1S/C32H33IN2O7/c1-41-28-15-23(20-37)14-25(33)31(28)42-27-18-24(32(40)34-12-13-36)17-26(30(27)39)35(19-22-10-6-3-7-11-22)29(38)16-21-8-4-2-5-9-21/h2-11,14-15,18,20,26-27,30,36,39H,12-13,16-17,19H2,1H3,(H,34,40)/t26-,27+,30+/m1/s1. The molecule has 0 saturated heterocycles. The maximum absolute atomic E-state index is 13.9. The molecule has 0 bridgehead atoms. The van der Waals surface area contributed by atoms with Crippen molar-refractivity contribution in [2.75, 3.05) is 20.3 Å². The van der Waals surface area contributed by atoms with Gasteiger partial charge >= 0.3 is 0 Å². The number of aldehydes is 1. The van der Waals surface area contributed by atoms with E-state index in [1.165, 1.54) is 13.2 Å². The number of halogens is 1. The molecule has 3 aromatic carbocycles. The summed E-state index contributed by atoms with van der Waals surface area (Å²) in [4.78, 5) is 40.0. The fourth-order valence-electron chi connectivity index (χ4n) is 4.88. The van der Waals surface area contributed by atoms with Crippen LogP contribution in [0.4, 0.5) is 0 Å². The lowest BCUT2D eigenvalue weighted by molar-refractivity contribution is -0.138. The van der Waals surface area contributed by atoms with Gasteiger partial charge in [0.25, 0.3) is 0 Å². The fraction of sp³-hybridized carbons (Fsp3) is 0.281. The SMILES string of the molecule is COc1cc(C=O)cc(I)c1O[C@H]1C=C(C(=O)NCCO)C[C@@H](N(Cc2ccccc2)C(=O)Cc2ccccc2)[C@@H]1O. The Kier molecular flexibility index (Phi) is 11.1. The molecule has 0 aliphatic heterocycles. The number of hydrogen-bond donors (Lipinski definition) is 3. The number of benzene rings is 3. The van der Waals surface area contributed by atoms with Crippen molar-refractivity contribution in [2.24, 2.45) is 0 Å². The van der Waals surface area contributed by atoms with Crippen LogP contribution in [0.25, 0.3) is 0 Å². The molecule has 220 valence electrons. The van der Waals surface area contributed by atoms with Crippen molar-refractivity contribution in [2.45, 2.75) is 37.6 Å². The summed E-state index contributed by atoms with van der Waals surface area (Å²) in [6.07, 6.45) is 0.170. The molecule has 1 aliphatic carbocycles. The summed E-state index contributed by atoms with van der Waals surface area (Å²) in [7, 11) is 1.44. The summed E-state index contributed by atoms with van der Waals surface area (Å²) in [5, 5.41) is 23.7. The molecule has 3 atom stereocenters. The molecule has 0 unspecified atom stereocenters. The lowest BCUT2D eigenvalue weighted by Gasteiger charge is -2.41. The Bertz CT molecular complexity index is 1420. The number of nitrogens with one attached hydrogen (secondary N) is 1. The average Bonchev–Trinajstić information content (AvgIpc) is 3.01. The number of hydrogen-bond acceptors (Lipinski definition) is 7. The largest absolute Gasteiger partial charge is 0.493 e. The smallest absolute Gasteiger partial charge is 0.247 e. The Hall–Kier alpha value is -3.74. The van der Waals surface area contributed by atoms with Crippen LogP contribution in [0.5, 0.6) is 11.5 Å². The molecule has 0 radical (unpaired) electrons. The molecule has 9 nitrogen and oxygen atoms in total. The highest BCUT2D eigenvalue weighted by atomic mass is 127. The van der Waals surface area contributed by atoms with Gasteiger partial charge in [-0.15, -0.1) is 0 Å². The van der Waals surface area contributed by atoms with E-state index in [9.17, 15) is 24.6 Å². The Labute approximate surface area is 258 Å². The number of amides is 2. The Morgan fingerprint density at radius 2 is 1.74 bits per heavy atom. The van der Waals surface area contributed by atoms with Crippen molar-refractivity contribution in [3.05, 3.63) is 105 Å². The summed E-state index contributed by atoms with van der Waals surface area (Å²) in [6.45, 7) is 0.0228. The van der Waals surface area contributed by atoms with E-state index in [1.54, 1.807) is 17.0 Å². The zero-order valence-corrected chi connectivity index (χ0v) is 25.3. The van der Waals surface area contributed by atoms with Gasteiger partial charge in [-0.1, -0.05) is 60.7 Å². The van der Waals surface area contributed by atoms with Crippen LogP contribution in [0, 0.1) is 3.57 Å². The van der Waals surface area contributed by atoms with E-state index in [0.717, 1.165) is 11.1 Å². The topological polar surface area (TPSA) is 125 Å². The highest BCUT2D eigenvalue weighted by Crippen LogP contribution is 2.37. The van der Waals surface area contributed by atoms with Gasteiger partial charge in [-0.3, -0.25) is 14.4 Å². The fourth-order valence-corrected chi connectivity index (χ4v) is 5.63. The first-order valence-corrected chi connectivity index (χ1v) is 14.6. The molecule has 2 amide bonds. The van der Waals surface area contributed by atoms with Gasteiger partial charge in [0, 0.05) is 30.6 Å². The molecular formula is C32H33IN2O7. The van der Waals surface area contributed by atoms with Crippen molar-refractivity contribution < 1.29 is 34.1 Å². The summed E-state index contributed by atoms with van der Waals surface area (Å²) in [5.74, 6) is -0.0562. The van der Waals surface area contributed by atoms with Crippen molar-refractivity contribution in [3.63, 3.8) is 0 Å². The second-order valence-corrected chi connectivity index (χ2v) is 11.0. The summed E-state index contributed by atoms with van der Waals surface area (Å²) >= 11 is 2.02. The summed E-state index contributed by atoms with van der Waals surface area (Å²) in [6, 6.07) is 21.1. The van der Waals surface area contributed by atoms with E-state index < -0.39 is 24.2 Å². The quantitative estimate of drug-likeness (QED) is 0.198. The van der Waals surface area contributed by atoms with Crippen LogP contribution in [-0.2, 0) is 22.6 Å². The van der Waals surface area contributed by atoms with Gasteiger partial charge in [0.2, 0.25) is 11.8 Å². The average molecular weight is 685 g/mol. The molecule has 3 N–H and O–H groups in total. The lowest BCUT2D eigenvalue weighted by atomic mass is 9.87. The normalized spacial score (nSPS) is 18.0. The van der Waals surface area contributed by atoms with E-state index in [0.29, 0.717) is 32.5 Å². The molecule has 1 aliphatic rings.